The first-order valence-corrected chi connectivity index (χ1v) is 8.30. The van der Waals surface area contributed by atoms with Gasteiger partial charge >= 0.3 is 11.9 Å². The van der Waals surface area contributed by atoms with E-state index >= 15 is 0 Å². The Hall–Kier alpha value is -3.68. The molecular weight excluding hydrogens is 364 g/mol. The molecule has 0 aromatic heterocycles. The third kappa shape index (κ3) is 4.94. The van der Waals surface area contributed by atoms with Crippen molar-refractivity contribution in [1.29, 1.82) is 0 Å². The third-order valence-electron chi connectivity index (χ3n) is 3.97. The standard InChI is InChI=1S/C20H20N2O6/c1-11-3-5-13(15(23)9-11)17(19(25)26)21-7-8-22-18(20(27)28)14-6-4-12(2)10-16(14)24/h3-10,17-18,23-24H,1-2H3,(H,25,26)(H,27,28). The summed E-state index contributed by atoms with van der Waals surface area (Å²) in [7, 11) is 0. The van der Waals surface area contributed by atoms with E-state index in [1.807, 2.05) is 0 Å². The number of hydrogen-bond donors (Lipinski definition) is 4. The molecular formula is C20H20N2O6. The lowest BCUT2D eigenvalue weighted by molar-refractivity contribution is -0.139. The molecule has 0 radical (unpaired) electrons. The van der Waals surface area contributed by atoms with E-state index in [1.165, 1.54) is 24.3 Å². The van der Waals surface area contributed by atoms with Gasteiger partial charge in [-0.1, -0.05) is 24.3 Å². The van der Waals surface area contributed by atoms with Crippen molar-refractivity contribution in [3.05, 3.63) is 58.7 Å². The first-order chi connectivity index (χ1) is 13.2. The van der Waals surface area contributed by atoms with Gasteiger partial charge in [-0.05, 0) is 37.1 Å². The fourth-order valence-electron chi connectivity index (χ4n) is 2.57. The average Bonchev–Trinajstić information content (AvgIpc) is 2.59. The molecule has 8 heteroatoms. The maximum absolute atomic E-state index is 11.5. The Kier molecular flexibility index (Phi) is 6.49. The van der Waals surface area contributed by atoms with Crippen LogP contribution in [0.2, 0.25) is 0 Å². The molecule has 0 aliphatic rings. The molecule has 0 heterocycles. The van der Waals surface area contributed by atoms with E-state index in [2.05, 4.69) is 9.98 Å². The summed E-state index contributed by atoms with van der Waals surface area (Å²) in [4.78, 5) is 30.7. The van der Waals surface area contributed by atoms with Crippen molar-refractivity contribution >= 4 is 24.4 Å². The molecule has 2 aromatic rings. The van der Waals surface area contributed by atoms with Crippen molar-refractivity contribution in [2.24, 2.45) is 9.98 Å². The summed E-state index contributed by atoms with van der Waals surface area (Å²) in [6, 6.07) is 6.33. The van der Waals surface area contributed by atoms with E-state index in [1.54, 1.807) is 26.0 Å². The van der Waals surface area contributed by atoms with Crippen LogP contribution in [0.1, 0.15) is 34.3 Å². The number of carboxylic acid groups (broad SMARTS) is 2. The van der Waals surface area contributed by atoms with Crippen molar-refractivity contribution in [1.82, 2.24) is 0 Å². The molecule has 0 aliphatic heterocycles. The van der Waals surface area contributed by atoms with Gasteiger partial charge in [-0.15, -0.1) is 0 Å². The van der Waals surface area contributed by atoms with Gasteiger partial charge in [-0.3, -0.25) is 9.98 Å². The molecule has 8 nitrogen and oxygen atoms in total. The summed E-state index contributed by atoms with van der Waals surface area (Å²) in [5.41, 5.74) is 1.73. The number of aliphatic imine (C=N–C) groups is 2. The van der Waals surface area contributed by atoms with Crippen LogP contribution in [0.25, 0.3) is 0 Å². The number of carbonyl (C=O) groups is 2. The Morgan fingerprint density at radius 1 is 0.786 bits per heavy atom. The normalized spacial score (nSPS) is 13.6. The van der Waals surface area contributed by atoms with Crippen LogP contribution in [0.15, 0.2) is 46.4 Å². The molecule has 0 bridgehead atoms. The fraction of sp³-hybridized carbons (Fsp3) is 0.200. The highest BCUT2D eigenvalue weighted by molar-refractivity contribution is 6.16. The summed E-state index contributed by atoms with van der Waals surface area (Å²) < 4.78 is 0. The molecule has 0 fully saturated rings. The number of phenolic OH excluding ortho intramolecular Hbond substituents is 2. The first kappa shape index (κ1) is 20.6. The van der Waals surface area contributed by atoms with Crippen LogP contribution in [0.4, 0.5) is 0 Å². The van der Waals surface area contributed by atoms with Crippen LogP contribution in [0.3, 0.4) is 0 Å². The van der Waals surface area contributed by atoms with Crippen molar-refractivity contribution in [3.8, 4) is 11.5 Å². The average molecular weight is 384 g/mol. The molecule has 0 saturated carbocycles. The summed E-state index contributed by atoms with van der Waals surface area (Å²) >= 11 is 0. The van der Waals surface area contributed by atoms with Crippen molar-refractivity contribution in [2.45, 2.75) is 25.9 Å². The maximum Gasteiger partial charge on any atom is 0.333 e. The number of aryl methyl sites for hydroxylation is 2. The van der Waals surface area contributed by atoms with Gasteiger partial charge in [-0.25, -0.2) is 9.59 Å². The van der Waals surface area contributed by atoms with Crippen molar-refractivity contribution in [2.75, 3.05) is 0 Å². The zero-order valence-electron chi connectivity index (χ0n) is 15.3. The molecule has 0 saturated heterocycles. The van der Waals surface area contributed by atoms with Gasteiger partial charge in [0, 0.05) is 23.6 Å². The number of aliphatic carboxylic acids is 2. The monoisotopic (exact) mass is 384 g/mol. The fourth-order valence-corrected chi connectivity index (χ4v) is 2.57. The van der Waals surface area contributed by atoms with Crippen LogP contribution < -0.4 is 0 Å². The third-order valence-corrected chi connectivity index (χ3v) is 3.97. The van der Waals surface area contributed by atoms with E-state index in [9.17, 15) is 30.0 Å². The molecule has 4 N–H and O–H groups in total. The molecule has 2 atom stereocenters. The first-order valence-electron chi connectivity index (χ1n) is 8.30. The number of phenols is 2. The van der Waals surface area contributed by atoms with E-state index in [-0.39, 0.29) is 22.6 Å². The summed E-state index contributed by atoms with van der Waals surface area (Å²) in [5.74, 6) is -2.96. The second kappa shape index (κ2) is 8.81. The molecule has 2 unspecified atom stereocenters. The van der Waals surface area contributed by atoms with Gasteiger partial charge in [-0.2, -0.15) is 0 Å². The zero-order chi connectivity index (χ0) is 20.8. The predicted molar refractivity (Wildman–Crippen MR) is 103 cm³/mol. The predicted octanol–water partition coefficient (Wildman–Crippen LogP) is 2.81. The number of nitrogens with zero attached hydrogens (tertiary/aromatic N) is 2. The van der Waals surface area contributed by atoms with Crippen LogP contribution >= 0.6 is 0 Å². The van der Waals surface area contributed by atoms with Crippen molar-refractivity contribution in [3.63, 3.8) is 0 Å². The van der Waals surface area contributed by atoms with Gasteiger partial charge < -0.3 is 20.4 Å². The topological polar surface area (TPSA) is 140 Å². The maximum atomic E-state index is 11.5. The molecule has 0 amide bonds. The highest BCUT2D eigenvalue weighted by atomic mass is 16.4. The lowest BCUT2D eigenvalue weighted by Crippen LogP contribution is -2.11. The summed E-state index contributed by atoms with van der Waals surface area (Å²) in [6.45, 7) is 3.50. The number of carboxylic acids is 2. The highest BCUT2D eigenvalue weighted by Crippen LogP contribution is 2.29. The Labute approximate surface area is 161 Å². The minimum absolute atomic E-state index is 0.105. The molecule has 2 rings (SSSR count). The zero-order valence-corrected chi connectivity index (χ0v) is 15.3. The molecule has 146 valence electrons. The summed E-state index contributed by atoms with van der Waals surface area (Å²) in [6.07, 6.45) is 2.11. The second-order valence-electron chi connectivity index (χ2n) is 6.20. The van der Waals surface area contributed by atoms with Gasteiger partial charge in [0.25, 0.3) is 0 Å². The van der Waals surface area contributed by atoms with Crippen LogP contribution in [-0.2, 0) is 9.59 Å². The lowest BCUT2D eigenvalue weighted by Gasteiger charge is -2.11. The van der Waals surface area contributed by atoms with Gasteiger partial charge in [0.2, 0.25) is 0 Å². The van der Waals surface area contributed by atoms with Gasteiger partial charge in [0.15, 0.2) is 12.1 Å². The summed E-state index contributed by atoms with van der Waals surface area (Å²) in [5, 5.41) is 38.6. The Morgan fingerprint density at radius 2 is 1.14 bits per heavy atom. The minimum Gasteiger partial charge on any atom is -0.508 e. The smallest absolute Gasteiger partial charge is 0.333 e. The van der Waals surface area contributed by atoms with Gasteiger partial charge in [0.1, 0.15) is 11.5 Å². The molecule has 0 aliphatic carbocycles. The van der Waals surface area contributed by atoms with Crippen molar-refractivity contribution < 1.29 is 30.0 Å². The van der Waals surface area contributed by atoms with Crippen LogP contribution in [0.5, 0.6) is 11.5 Å². The highest BCUT2D eigenvalue weighted by Gasteiger charge is 2.22. The Morgan fingerprint density at radius 3 is 1.43 bits per heavy atom. The van der Waals surface area contributed by atoms with Crippen LogP contribution in [-0.4, -0.2) is 44.8 Å². The van der Waals surface area contributed by atoms with E-state index in [4.69, 9.17) is 0 Å². The van der Waals surface area contributed by atoms with Gasteiger partial charge in [0.05, 0.1) is 0 Å². The molecule has 2 aromatic carbocycles. The van der Waals surface area contributed by atoms with E-state index < -0.39 is 24.0 Å². The Bertz CT molecular complexity index is 874. The number of hydrogen-bond acceptors (Lipinski definition) is 6. The molecule has 0 spiro atoms. The van der Waals surface area contributed by atoms with E-state index in [0.29, 0.717) is 0 Å². The van der Waals surface area contributed by atoms with Crippen LogP contribution in [0, 0.1) is 13.8 Å². The number of rotatable bonds is 7. The largest absolute Gasteiger partial charge is 0.508 e. The lowest BCUT2D eigenvalue weighted by atomic mass is 10.0. The quantitative estimate of drug-likeness (QED) is 0.541. The minimum atomic E-state index is -1.37. The number of aromatic hydroxyl groups is 2. The Balaban J connectivity index is 2.26. The molecule has 28 heavy (non-hydrogen) atoms. The number of benzene rings is 2. The second-order valence-corrected chi connectivity index (χ2v) is 6.20. The van der Waals surface area contributed by atoms with E-state index in [0.717, 1.165) is 23.6 Å². The SMILES string of the molecule is Cc1ccc(C(N=CC=NC(C(=O)O)c2ccc(C)cc2O)C(=O)O)c(O)c1.